The molecule has 1 aliphatic heterocycles. The minimum Gasteiger partial charge on any atom is -0.488 e. The van der Waals surface area contributed by atoms with Gasteiger partial charge in [-0.2, -0.15) is 0 Å². The molecule has 0 atom stereocenters. The highest BCUT2D eigenvalue weighted by Gasteiger charge is 2.51. The summed E-state index contributed by atoms with van der Waals surface area (Å²) in [6.45, 7) is 8.19. The van der Waals surface area contributed by atoms with Gasteiger partial charge in [-0.25, -0.2) is 4.39 Å². The molecule has 1 fully saturated rings. The minimum atomic E-state index is -0.862. The van der Waals surface area contributed by atoms with Crippen LogP contribution in [0.3, 0.4) is 0 Å². The molecule has 1 amide bonds. The maximum Gasteiger partial charge on any atom is 0.494 e. The van der Waals surface area contributed by atoms with E-state index in [2.05, 4.69) is 0 Å². The van der Waals surface area contributed by atoms with Gasteiger partial charge in [0, 0.05) is 0 Å². The molecule has 0 bridgehead atoms. The Balaban J connectivity index is 1.70. The predicted molar refractivity (Wildman–Crippen MR) is 101 cm³/mol. The molecule has 5 nitrogen and oxygen atoms in total. The summed E-state index contributed by atoms with van der Waals surface area (Å²) in [6, 6.07) is 11.7. The second kappa shape index (κ2) is 6.98. The molecule has 0 aromatic heterocycles. The van der Waals surface area contributed by atoms with Gasteiger partial charge in [0.25, 0.3) is 5.91 Å². The quantitative estimate of drug-likeness (QED) is 0.821. The number of carbonyl (C=O) groups excluding carboxylic acids is 1. The first-order valence-electron chi connectivity index (χ1n) is 8.76. The van der Waals surface area contributed by atoms with E-state index in [-0.39, 0.29) is 17.9 Å². The minimum absolute atomic E-state index is 0.123. The fourth-order valence-corrected chi connectivity index (χ4v) is 2.77. The molecule has 1 heterocycles. The zero-order chi connectivity index (χ0) is 19.8. The van der Waals surface area contributed by atoms with Gasteiger partial charge in [0.15, 0.2) is 0 Å². The van der Waals surface area contributed by atoms with E-state index >= 15 is 0 Å². The Kier molecular flexibility index (Phi) is 5.01. The van der Waals surface area contributed by atoms with E-state index in [0.29, 0.717) is 0 Å². The first-order chi connectivity index (χ1) is 12.6. The highest BCUT2D eigenvalue weighted by molar-refractivity contribution is 6.62. The lowest BCUT2D eigenvalue weighted by atomic mass is 9.79. The Morgan fingerprint density at radius 3 is 2.22 bits per heavy atom. The van der Waals surface area contributed by atoms with Crippen molar-refractivity contribution in [2.75, 3.05) is 0 Å². The second-order valence-electron chi connectivity index (χ2n) is 7.60. The molecule has 1 aliphatic rings. The molecule has 27 heavy (non-hydrogen) atoms. The number of carbonyl (C=O) groups is 1. The monoisotopic (exact) mass is 371 g/mol. The van der Waals surface area contributed by atoms with E-state index in [1.54, 1.807) is 0 Å². The lowest BCUT2D eigenvalue weighted by Gasteiger charge is -2.32. The maximum atomic E-state index is 13.8. The molecule has 0 spiro atoms. The smallest absolute Gasteiger partial charge is 0.488 e. The molecule has 7 heteroatoms. The summed E-state index contributed by atoms with van der Waals surface area (Å²) >= 11 is 0. The Morgan fingerprint density at radius 1 is 1.07 bits per heavy atom. The van der Waals surface area contributed by atoms with Crippen LogP contribution in [0.25, 0.3) is 0 Å². The molecule has 0 saturated carbocycles. The summed E-state index contributed by atoms with van der Waals surface area (Å²) in [4.78, 5) is 11.4. The summed E-state index contributed by atoms with van der Waals surface area (Å²) in [7, 11) is -0.436. The van der Waals surface area contributed by atoms with Crippen LogP contribution in [0.15, 0.2) is 42.5 Å². The number of ether oxygens (including phenoxy) is 1. The number of nitrogens with two attached hydrogens (primary N) is 1. The van der Waals surface area contributed by atoms with Crippen molar-refractivity contribution in [1.82, 2.24) is 0 Å². The first kappa shape index (κ1) is 19.4. The van der Waals surface area contributed by atoms with Gasteiger partial charge in [-0.1, -0.05) is 30.3 Å². The first-order valence-corrected chi connectivity index (χ1v) is 8.76. The summed E-state index contributed by atoms with van der Waals surface area (Å²) in [5.41, 5.74) is 5.95. The molecule has 2 N–H and O–H groups in total. The zero-order valence-corrected chi connectivity index (χ0v) is 15.9. The third-order valence-corrected chi connectivity index (χ3v) is 5.12. The Bertz CT molecular complexity index is 836. The summed E-state index contributed by atoms with van der Waals surface area (Å²) in [5, 5.41) is 0. The van der Waals surface area contributed by atoms with Crippen molar-refractivity contribution in [3.05, 3.63) is 59.4 Å². The van der Waals surface area contributed by atoms with Crippen LogP contribution < -0.4 is 15.9 Å². The van der Waals surface area contributed by atoms with Crippen molar-refractivity contribution < 1.29 is 23.2 Å². The van der Waals surface area contributed by atoms with Gasteiger partial charge < -0.3 is 19.8 Å². The van der Waals surface area contributed by atoms with E-state index < -0.39 is 30.0 Å². The number of halogens is 1. The standard InChI is InChI=1S/C20H23BFNO4/c1-19(2)20(3,4)27-21(26-19)14-10-8-13(9-11-14)12-25-16-7-5-6-15(22)17(16)18(23)24/h5-11H,12H2,1-4H3,(H2,23,24). The normalized spacial score (nSPS) is 17.7. The Hall–Kier alpha value is -2.38. The summed E-state index contributed by atoms with van der Waals surface area (Å²) < 4.78 is 31.4. The van der Waals surface area contributed by atoms with Crippen molar-refractivity contribution in [3.8, 4) is 5.75 Å². The molecule has 1 saturated heterocycles. The van der Waals surface area contributed by atoms with Crippen molar-refractivity contribution in [1.29, 1.82) is 0 Å². The van der Waals surface area contributed by atoms with Gasteiger partial charge in [-0.3, -0.25) is 4.79 Å². The third kappa shape index (κ3) is 3.84. The topological polar surface area (TPSA) is 70.8 Å². The van der Waals surface area contributed by atoms with E-state index in [1.807, 2.05) is 52.0 Å². The fraction of sp³-hybridized carbons (Fsp3) is 0.350. The van der Waals surface area contributed by atoms with Gasteiger partial charge in [0.1, 0.15) is 23.7 Å². The number of hydrogen-bond donors (Lipinski definition) is 1. The molecule has 3 rings (SSSR count). The largest absolute Gasteiger partial charge is 0.494 e. The van der Waals surface area contributed by atoms with Crippen LogP contribution >= 0.6 is 0 Å². The molecule has 0 aliphatic carbocycles. The third-order valence-electron chi connectivity index (χ3n) is 5.12. The van der Waals surface area contributed by atoms with Crippen LogP contribution in [-0.2, 0) is 15.9 Å². The number of amides is 1. The number of hydrogen-bond acceptors (Lipinski definition) is 4. The number of rotatable bonds is 5. The van der Waals surface area contributed by atoms with Crippen LogP contribution in [-0.4, -0.2) is 24.2 Å². The fourth-order valence-electron chi connectivity index (χ4n) is 2.77. The Labute approximate surface area is 158 Å². The zero-order valence-electron chi connectivity index (χ0n) is 15.9. The average molecular weight is 371 g/mol. The lowest BCUT2D eigenvalue weighted by molar-refractivity contribution is 0.00578. The van der Waals surface area contributed by atoms with E-state index in [4.69, 9.17) is 19.8 Å². The van der Waals surface area contributed by atoms with Crippen molar-refractivity contribution in [3.63, 3.8) is 0 Å². The molecule has 2 aromatic rings. The van der Waals surface area contributed by atoms with Gasteiger partial charge in [0.2, 0.25) is 0 Å². The maximum absolute atomic E-state index is 13.8. The molecule has 0 unspecified atom stereocenters. The molecular formula is C20H23BFNO4. The highest BCUT2D eigenvalue weighted by atomic mass is 19.1. The predicted octanol–water partition coefficient (Wildman–Crippen LogP) is 2.80. The summed E-state index contributed by atoms with van der Waals surface area (Å²) in [5.74, 6) is -1.44. The Morgan fingerprint density at radius 2 is 1.67 bits per heavy atom. The van der Waals surface area contributed by atoms with Crippen LogP contribution in [0, 0.1) is 5.82 Å². The van der Waals surface area contributed by atoms with E-state index in [0.717, 1.165) is 11.0 Å². The van der Waals surface area contributed by atoms with Gasteiger partial charge in [-0.15, -0.1) is 0 Å². The van der Waals surface area contributed by atoms with Crippen LogP contribution in [0.5, 0.6) is 5.75 Å². The number of primary amides is 1. The number of benzene rings is 2. The summed E-state index contributed by atoms with van der Waals surface area (Å²) in [6.07, 6.45) is 0. The van der Waals surface area contributed by atoms with Crippen molar-refractivity contribution in [2.45, 2.75) is 45.5 Å². The second-order valence-corrected chi connectivity index (χ2v) is 7.60. The van der Waals surface area contributed by atoms with Gasteiger partial charge >= 0.3 is 7.12 Å². The van der Waals surface area contributed by atoms with E-state index in [9.17, 15) is 9.18 Å². The van der Waals surface area contributed by atoms with Crippen molar-refractivity contribution >= 4 is 18.5 Å². The van der Waals surface area contributed by atoms with Crippen LogP contribution in [0.1, 0.15) is 43.6 Å². The van der Waals surface area contributed by atoms with Crippen LogP contribution in [0.4, 0.5) is 4.39 Å². The SMILES string of the molecule is CC1(C)OB(c2ccc(COc3cccc(F)c3C(N)=O)cc2)OC1(C)C. The molecule has 2 aromatic carbocycles. The van der Waals surface area contributed by atoms with Gasteiger partial charge in [-0.05, 0) is 50.9 Å². The average Bonchev–Trinajstić information content (AvgIpc) is 2.81. The van der Waals surface area contributed by atoms with E-state index in [1.165, 1.54) is 18.2 Å². The van der Waals surface area contributed by atoms with Crippen molar-refractivity contribution in [2.24, 2.45) is 5.73 Å². The molecular weight excluding hydrogens is 348 g/mol. The highest BCUT2D eigenvalue weighted by Crippen LogP contribution is 2.36. The lowest BCUT2D eigenvalue weighted by Crippen LogP contribution is -2.41. The molecule has 142 valence electrons. The molecule has 0 radical (unpaired) electrons. The van der Waals surface area contributed by atoms with Crippen LogP contribution in [0.2, 0.25) is 0 Å². The van der Waals surface area contributed by atoms with Gasteiger partial charge in [0.05, 0.1) is 11.2 Å².